The minimum atomic E-state index is -0.673. The molecule has 0 aromatic heterocycles. The van der Waals surface area contributed by atoms with Crippen LogP contribution >= 0.6 is 0 Å². The molecule has 3 heteroatoms. The van der Waals surface area contributed by atoms with Crippen LogP contribution in [0, 0.1) is 5.92 Å². The van der Waals surface area contributed by atoms with E-state index in [1.54, 1.807) is 0 Å². The van der Waals surface area contributed by atoms with Crippen LogP contribution in [0.5, 0.6) is 0 Å². The summed E-state index contributed by atoms with van der Waals surface area (Å²) in [5.74, 6) is 0.258. The summed E-state index contributed by atoms with van der Waals surface area (Å²) in [6, 6.07) is 9.17. The smallest absolute Gasteiger partial charge is 0.303 e. The Balaban J connectivity index is 1.75. The number of carboxylic acids is 1. The minimum Gasteiger partial charge on any atom is -0.481 e. The molecule has 1 aliphatic rings. The predicted octanol–water partition coefficient (Wildman–Crippen LogP) is 3.15. The van der Waals surface area contributed by atoms with Crippen LogP contribution in [0.4, 0.5) is 0 Å². The highest BCUT2D eigenvalue weighted by Gasteiger charge is 2.30. The Morgan fingerprint density at radius 2 is 2.16 bits per heavy atom. The van der Waals surface area contributed by atoms with Gasteiger partial charge in [-0.25, -0.2) is 0 Å². The van der Waals surface area contributed by atoms with Crippen molar-refractivity contribution in [1.29, 1.82) is 0 Å². The molecule has 0 heterocycles. The summed E-state index contributed by atoms with van der Waals surface area (Å²) < 4.78 is 0. The molecule has 1 aromatic carbocycles. The predicted molar refractivity (Wildman–Crippen MR) is 76.1 cm³/mol. The molecule has 0 radical (unpaired) electrons. The van der Waals surface area contributed by atoms with Crippen molar-refractivity contribution < 1.29 is 9.90 Å². The number of benzene rings is 1. The standard InChI is InChI=1S/C16H23NO2/c1-11(2)14-5-3-4-12(6-14)10-17-15-7-13(8-15)9-16(18)19/h3-6,11,13,15,17H,7-10H2,1-2H3,(H,18,19). The van der Waals surface area contributed by atoms with Crippen molar-refractivity contribution in [1.82, 2.24) is 5.32 Å². The highest BCUT2D eigenvalue weighted by molar-refractivity contribution is 5.67. The molecule has 0 atom stereocenters. The molecule has 1 aliphatic carbocycles. The van der Waals surface area contributed by atoms with E-state index in [1.807, 2.05) is 0 Å². The number of rotatable bonds is 6. The molecule has 0 aliphatic heterocycles. The van der Waals surface area contributed by atoms with Crippen LogP contribution in [-0.4, -0.2) is 17.1 Å². The maximum absolute atomic E-state index is 10.6. The average molecular weight is 261 g/mol. The number of hydrogen-bond donors (Lipinski definition) is 2. The van der Waals surface area contributed by atoms with Crippen molar-refractivity contribution in [2.45, 2.75) is 51.6 Å². The molecule has 1 aromatic rings. The number of carboxylic acid groups (broad SMARTS) is 1. The molecule has 0 bridgehead atoms. The second-order valence-corrected chi connectivity index (χ2v) is 5.91. The molecule has 1 saturated carbocycles. The molecular formula is C16H23NO2. The summed E-state index contributed by atoms with van der Waals surface area (Å²) in [5, 5.41) is 12.2. The SMILES string of the molecule is CC(C)c1cccc(CNC2CC(CC(=O)O)C2)c1. The highest BCUT2D eigenvalue weighted by atomic mass is 16.4. The van der Waals surface area contributed by atoms with Crippen molar-refractivity contribution in [3.05, 3.63) is 35.4 Å². The summed E-state index contributed by atoms with van der Waals surface area (Å²) in [4.78, 5) is 10.6. The van der Waals surface area contributed by atoms with Crippen LogP contribution in [-0.2, 0) is 11.3 Å². The minimum absolute atomic E-state index is 0.320. The first-order valence-corrected chi connectivity index (χ1v) is 7.08. The summed E-state index contributed by atoms with van der Waals surface area (Å²) in [6.45, 7) is 5.29. The Labute approximate surface area is 115 Å². The van der Waals surface area contributed by atoms with Gasteiger partial charge in [-0.05, 0) is 35.8 Å². The summed E-state index contributed by atoms with van der Waals surface area (Å²) >= 11 is 0. The van der Waals surface area contributed by atoms with Crippen LogP contribution in [0.25, 0.3) is 0 Å². The van der Waals surface area contributed by atoms with Gasteiger partial charge in [0.1, 0.15) is 0 Å². The summed E-state index contributed by atoms with van der Waals surface area (Å²) in [7, 11) is 0. The van der Waals surface area contributed by atoms with Gasteiger partial charge in [-0.2, -0.15) is 0 Å². The van der Waals surface area contributed by atoms with Crippen LogP contribution in [0.15, 0.2) is 24.3 Å². The van der Waals surface area contributed by atoms with E-state index in [4.69, 9.17) is 5.11 Å². The lowest BCUT2D eigenvalue weighted by atomic mass is 9.78. The molecule has 0 unspecified atom stereocenters. The number of hydrogen-bond acceptors (Lipinski definition) is 2. The molecule has 19 heavy (non-hydrogen) atoms. The zero-order valence-corrected chi connectivity index (χ0v) is 11.7. The first-order chi connectivity index (χ1) is 9.04. The fraction of sp³-hybridized carbons (Fsp3) is 0.562. The van der Waals surface area contributed by atoms with Crippen LogP contribution in [0.1, 0.15) is 50.2 Å². The van der Waals surface area contributed by atoms with Gasteiger partial charge in [-0.3, -0.25) is 4.79 Å². The number of carbonyl (C=O) groups is 1. The van der Waals surface area contributed by atoms with E-state index in [0.717, 1.165) is 19.4 Å². The second kappa shape index (κ2) is 6.20. The Hall–Kier alpha value is -1.35. The van der Waals surface area contributed by atoms with Gasteiger partial charge in [-0.1, -0.05) is 38.1 Å². The molecule has 104 valence electrons. The maximum Gasteiger partial charge on any atom is 0.303 e. The second-order valence-electron chi connectivity index (χ2n) is 5.91. The van der Waals surface area contributed by atoms with Crippen molar-refractivity contribution >= 4 is 5.97 Å². The lowest BCUT2D eigenvalue weighted by molar-refractivity contribution is -0.138. The molecular weight excluding hydrogens is 238 g/mol. The topological polar surface area (TPSA) is 49.3 Å². The zero-order chi connectivity index (χ0) is 13.8. The molecule has 3 nitrogen and oxygen atoms in total. The van der Waals surface area contributed by atoms with Crippen LogP contribution in [0.3, 0.4) is 0 Å². The fourth-order valence-corrected chi connectivity index (χ4v) is 2.64. The van der Waals surface area contributed by atoms with E-state index >= 15 is 0 Å². The fourth-order valence-electron chi connectivity index (χ4n) is 2.64. The summed E-state index contributed by atoms with van der Waals surface area (Å²) in [6.07, 6.45) is 2.31. The Morgan fingerprint density at radius 1 is 1.42 bits per heavy atom. The van der Waals surface area contributed by atoms with Crippen molar-refractivity contribution in [3.8, 4) is 0 Å². The van der Waals surface area contributed by atoms with Gasteiger partial charge < -0.3 is 10.4 Å². The van der Waals surface area contributed by atoms with Gasteiger partial charge in [0.15, 0.2) is 0 Å². The lowest BCUT2D eigenvalue weighted by Gasteiger charge is -2.35. The third-order valence-electron chi connectivity index (χ3n) is 3.91. The van der Waals surface area contributed by atoms with E-state index in [-0.39, 0.29) is 0 Å². The summed E-state index contributed by atoms with van der Waals surface area (Å²) in [5.41, 5.74) is 2.68. The van der Waals surface area contributed by atoms with Crippen molar-refractivity contribution in [2.24, 2.45) is 5.92 Å². The van der Waals surface area contributed by atoms with Gasteiger partial charge in [0.25, 0.3) is 0 Å². The Morgan fingerprint density at radius 3 is 2.79 bits per heavy atom. The Bertz CT molecular complexity index is 436. The van der Waals surface area contributed by atoms with Crippen molar-refractivity contribution in [3.63, 3.8) is 0 Å². The first kappa shape index (κ1) is 14.1. The highest BCUT2D eigenvalue weighted by Crippen LogP contribution is 2.30. The van der Waals surface area contributed by atoms with E-state index in [2.05, 4.69) is 43.4 Å². The average Bonchev–Trinajstić information content (AvgIpc) is 2.31. The lowest BCUT2D eigenvalue weighted by Crippen LogP contribution is -2.41. The molecule has 0 spiro atoms. The number of nitrogens with one attached hydrogen (secondary N) is 1. The van der Waals surface area contributed by atoms with E-state index < -0.39 is 5.97 Å². The van der Waals surface area contributed by atoms with Gasteiger partial charge in [0.05, 0.1) is 0 Å². The quantitative estimate of drug-likeness (QED) is 0.827. The van der Waals surface area contributed by atoms with Gasteiger partial charge in [0, 0.05) is 19.0 Å². The van der Waals surface area contributed by atoms with E-state index in [0.29, 0.717) is 24.3 Å². The molecule has 2 N–H and O–H groups in total. The first-order valence-electron chi connectivity index (χ1n) is 7.08. The monoisotopic (exact) mass is 261 g/mol. The normalized spacial score (nSPS) is 22.3. The van der Waals surface area contributed by atoms with Gasteiger partial charge >= 0.3 is 5.97 Å². The third kappa shape index (κ3) is 4.06. The van der Waals surface area contributed by atoms with E-state index in [1.165, 1.54) is 11.1 Å². The molecule has 0 amide bonds. The number of aliphatic carboxylic acids is 1. The van der Waals surface area contributed by atoms with Gasteiger partial charge in [-0.15, -0.1) is 0 Å². The maximum atomic E-state index is 10.6. The van der Waals surface area contributed by atoms with Crippen LogP contribution in [0.2, 0.25) is 0 Å². The van der Waals surface area contributed by atoms with Gasteiger partial charge in [0.2, 0.25) is 0 Å². The Kier molecular flexibility index (Phi) is 4.59. The third-order valence-corrected chi connectivity index (χ3v) is 3.91. The molecule has 1 fully saturated rings. The van der Waals surface area contributed by atoms with E-state index in [9.17, 15) is 4.79 Å². The molecule has 2 rings (SSSR count). The largest absolute Gasteiger partial charge is 0.481 e. The van der Waals surface area contributed by atoms with Crippen molar-refractivity contribution in [2.75, 3.05) is 0 Å². The molecule has 0 saturated heterocycles. The van der Waals surface area contributed by atoms with Crippen LogP contribution < -0.4 is 5.32 Å². The zero-order valence-electron chi connectivity index (χ0n) is 11.7.